The molecule has 3 aliphatic heterocycles. The Labute approximate surface area is 235 Å². The zero-order valence-electron chi connectivity index (χ0n) is 22.9. The lowest BCUT2D eigenvalue weighted by atomic mass is 9.70. The van der Waals surface area contributed by atoms with Gasteiger partial charge in [0.05, 0.1) is 29.2 Å². The lowest BCUT2D eigenvalue weighted by Crippen LogP contribution is -2.59. The topological polar surface area (TPSA) is 81.2 Å². The van der Waals surface area contributed by atoms with Crippen molar-refractivity contribution in [1.29, 1.82) is 0 Å². The highest BCUT2D eigenvalue weighted by Gasteiger charge is 2.76. The molecule has 1 N–H and O–H groups in total. The predicted octanol–water partition coefficient (Wildman–Crippen LogP) is 3.71. The van der Waals surface area contributed by atoms with Crippen molar-refractivity contribution in [2.45, 2.75) is 86.8 Å². The highest BCUT2D eigenvalue weighted by molar-refractivity contribution is 9.09. The number of aliphatic hydroxyl groups excluding tert-OH is 1. The third-order valence-electron chi connectivity index (χ3n) is 8.48. The van der Waals surface area contributed by atoms with Gasteiger partial charge in [0.2, 0.25) is 17.7 Å². The highest BCUT2D eigenvalue weighted by atomic mass is 79.9. The van der Waals surface area contributed by atoms with Gasteiger partial charge in [0, 0.05) is 35.8 Å². The molecule has 208 valence electrons. The van der Waals surface area contributed by atoms with Gasteiger partial charge in [0.25, 0.3) is 0 Å². The summed E-state index contributed by atoms with van der Waals surface area (Å²) in [5.41, 5.74) is 0. The first-order chi connectivity index (χ1) is 17.6. The zero-order chi connectivity index (χ0) is 27.7. The summed E-state index contributed by atoms with van der Waals surface area (Å²) in [6.07, 6.45) is 5.64. The van der Waals surface area contributed by atoms with E-state index in [1.807, 2.05) is 34.6 Å². The third kappa shape index (κ3) is 5.05. The van der Waals surface area contributed by atoms with Crippen LogP contribution in [0.1, 0.15) is 53.9 Å². The summed E-state index contributed by atoms with van der Waals surface area (Å²) in [6.45, 7) is 18.9. The number of nitrogens with zero attached hydrogens (tertiary/aromatic N) is 3. The van der Waals surface area contributed by atoms with Crippen molar-refractivity contribution in [2.24, 2.45) is 17.8 Å². The minimum absolute atomic E-state index is 0.000134. The molecule has 7 nitrogen and oxygen atoms in total. The van der Waals surface area contributed by atoms with Crippen LogP contribution < -0.4 is 0 Å². The molecule has 0 aliphatic carbocycles. The quantitative estimate of drug-likeness (QED) is 0.258. The Hall–Kier alpha value is -1.32. The molecule has 8 atom stereocenters. The van der Waals surface area contributed by atoms with Gasteiger partial charge in [-0.05, 0) is 32.6 Å². The van der Waals surface area contributed by atoms with E-state index >= 15 is 0 Å². The number of carbonyl (C=O) groups is 3. The number of aliphatic hydroxyl groups is 1. The number of fused-ring (bicyclic) bond motifs is 1. The highest BCUT2D eigenvalue weighted by Crippen LogP contribution is 2.68. The molecule has 3 amide bonds. The molecule has 0 saturated carbocycles. The average molecular weight is 599 g/mol. The Bertz CT molecular complexity index is 901. The number of alkyl halides is 1. The van der Waals surface area contributed by atoms with Gasteiger partial charge in [0.15, 0.2) is 0 Å². The number of thioether (sulfide) groups is 1. The van der Waals surface area contributed by atoms with Gasteiger partial charge in [-0.25, -0.2) is 0 Å². The Morgan fingerprint density at radius 1 is 1.22 bits per heavy atom. The molecule has 1 spiro atoms. The van der Waals surface area contributed by atoms with Crippen LogP contribution in [-0.4, -0.2) is 96.7 Å². The van der Waals surface area contributed by atoms with Gasteiger partial charge in [-0.1, -0.05) is 55.3 Å². The number of hydrogen-bond donors (Lipinski definition) is 1. The van der Waals surface area contributed by atoms with Crippen molar-refractivity contribution in [3.63, 3.8) is 0 Å². The van der Waals surface area contributed by atoms with Crippen LogP contribution in [0, 0.1) is 17.8 Å². The second kappa shape index (κ2) is 12.2. The number of rotatable bonds is 13. The van der Waals surface area contributed by atoms with Crippen LogP contribution in [-0.2, 0) is 14.4 Å². The average Bonchev–Trinajstić information content (AvgIpc) is 3.45. The van der Waals surface area contributed by atoms with Crippen molar-refractivity contribution >= 4 is 45.4 Å². The Balaban J connectivity index is 2.17. The van der Waals surface area contributed by atoms with Gasteiger partial charge >= 0.3 is 0 Å². The van der Waals surface area contributed by atoms with Crippen LogP contribution in [0.25, 0.3) is 0 Å². The van der Waals surface area contributed by atoms with Gasteiger partial charge in [-0.3, -0.25) is 14.4 Å². The second-order valence-electron chi connectivity index (χ2n) is 11.0. The summed E-state index contributed by atoms with van der Waals surface area (Å²) in [5.74, 6) is -1.44. The van der Waals surface area contributed by atoms with E-state index < -0.39 is 28.7 Å². The Kier molecular flexibility index (Phi) is 10.0. The summed E-state index contributed by atoms with van der Waals surface area (Å²) in [7, 11) is 0. The fourth-order valence-corrected chi connectivity index (χ4v) is 10.2. The number of halogens is 1. The molecular formula is C28H44BrN3O4S. The van der Waals surface area contributed by atoms with Gasteiger partial charge < -0.3 is 19.8 Å². The molecule has 3 rings (SSSR count). The van der Waals surface area contributed by atoms with E-state index in [4.69, 9.17) is 0 Å². The molecule has 3 aliphatic rings. The maximum Gasteiger partial charge on any atom is 0.247 e. The molecule has 3 unspecified atom stereocenters. The smallest absolute Gasteiger partial charge is 0.247 e. The summed E-state index contributed by atoms with van der Waals surface area (Å²) < 4.78 is -0.728. The van der Waals surface area contributed by atoms with Crippen LogP contribution in [0.15, 0.2) is 25.3 Å². The Morgan fingerprint density at radius 3 is 2.38 bits per heavy atom. The van der Waals surface area contributed by atoms with Gasteiger partial charge in [0.1, 0.15) is 6.04 Å². The number of hydrogen-bond acceptors (Lipinski definition) is 5. The number of amides is 3. The van der Waals surface area contributed by atoms with Crippen LogP contribution >= 0.6 is 27.7 Å². The van der Waals surface area contributed by atoms with Crippen LogP contribution in [0.4, 0.5) is 0 Å². The van der Waals surface area contributed by atoms with Gasteiger partial charge in [-0.2, -0.15) is 0 Å². The van der Waals surface area contributed by atoms with E-state index in [2.05, 4.69) is 29.1 Å². The van der Waals surface area contributed by atoms with E-state index in [9.17, 15) is 19.5 Å². The maximum atomic E-state index is 14.4. The van der Waals surface area contributed by atoms with E-state index in [0.29, 0.717) is 26.1 Å². The van der Waals surface area contributed by atoms with Crippen LogP contribution in [0.5, 0.6) is 0 Å². The number of likely N-dealkylation sites (tertiary alicyclic amines) is 1. The SMILES string of the molecule is C=CCN(CCC)C(=O)[C@H]1[C@@H]2SC3(CC2Br)C(C(=O)N(CC=C)C(C)C)N([C@@H](CO)[C@@H](C)CC)C(=O)[C@H]13. The first-order valence-corrected chi connectivity index (χ1v) is 15.4. The normalized spacial score (nSPS) is 31.8. The lowest BCUT2D eigenvalue weighted by molar-refractivity contribution is -0.148. The summed E-state index contributed by atoms with van der Waals surface area (Å²) in [6, 6.07) is -1.32. The molecule has 0 radical (unpaired) electrons. The molecule has 0 aromatic heterocycles. The molecule has 3 saturated heterocycles. The van der Waals surface area contributed by atoms with Crippen molar-refractivity contribution < 1.29 is 19.5 Å². The van der Waals surface area contributed by atoms with Crippen LogP contribution in [0.3, 0.4) is 0 Å². The van der Waals surface area contributed by atoms with E-state index in [1.54, 1.807) is 38.6 Å². The summed E-state index contributed by atoms with van der Waals surface area (Å²) in [5, 5.41) is 10.4. The van der Waals surface area contributed by atoms with Crippen molar-refractivity contribution in [1.82, 2.24) is 14.7 Å². The standard InChI is InChI=1S/C28H44BrN3O4S/c1-8-12-30(13-9-2)25(34)21-22-26(35)32(20(16-33)18(7)11-4)24(27(36)31(14-10-3)17(5)6)28(22)15-19(29)23(21)37-28/h8,10,17-24,33H,1,3,9,11-16H2,2,4-7H3/t18-,19?,20-,21+,22-,23+,24?,28?/m0/s1. The zero-order valence-corrected chi connectivity index (χ0v) is 25.3. The first-order valence-electron chi connectivity index (χ1n) is 13.6. The fourth-order valence-electron chi connectivity index (χ4n) is 6.58. The molecular weight excluding hydrogens is 554 g/mol. The number of carbonyl (C=O) groups excluding carboxylic acids is 3. The molecule has 0 aromatic rings. The predicted molar refractivity (Wildman–Crippen MR) is 153 cm³/mol. The largest absolute Gasteiger partial charge is 0.394 e. The molecule has 37 heavy (non-hydrogen) atoms. The minimum Gasteiger partial charge on any atom is -0.394 e. The lowest BCUT2D eigenvalue weighted by Gasteiger charge is -2.42. The molecule has 9 heteroatoms. The Morgan fingerprint density at radius 2 is 1.86 bits per heavy atom. The van der Waals surface area contributed by atoms with Crippen molar-refractivity contribution in [3.8, 4) is 0 Å². The van der Waals surface area contributed by atoms with Crippen molar-refractivity contribution in [3.05, 3.63) is 25.3 Å². The summed E-state index contributed by atoms with van der Waals surface area (Å²) >= 11 is 5.49. The maximum absolute atomic E-state index is 14.4. The van der Waals surface area contributed by atoms with Crippen molar-refractivity contribution in [2.75, 3.05) is 26.2 Å². The van der Waals surface area contributed by atoms with E-state index in [-0.39, 0.29) is 46.4 Å². The van der Waals surface area contributed by atoms with Crippen LogP contribution in [0.2, 0.25) is 0 Å². The monoisotopic (exact) mass is 597 g/mol. The minimum atomic E-state index is -0.745. The fraction of sp³-hybridized carbons (Fsp3) is 0.750. The first kappa shape index (κ1) is 30.2. The summed E-state index contributed by atoms with van der Waals surface area (Å²) in [4.78, 5) is 48.1. The van der Waals surface area contributed by atoms with Gasteiger partial charge in [-0.15, -0.1) is 24.9 Å². The molecule has 2 bridgehead atoms. The molecule has 0 aromatic carbocycles. The van der Waals surface area contributed by atoms with E-state index in [0.717, 1.165) is 12.8 Å². The molecule has 3 fully saturated rings. The molecule has 3 heterocycles. The second-order valence-corrected chi connectivity index (χ2v) is 13.7. The third-order valence-corrected chi connectivity index (χ3v) is 11.7. The van der Waals surface area contributed by atoms with E-state index in [1.165, 1.54) is 0 Å².